The zero-order valence-electron chi connectivity index (χ0n) is 14.3. The van der Waals surface area contributed by atoms with Gasteiger partial charge >= 0.3 is 0 Å². The number of nitrogens with zero attached hydrogens (tertiary/aromatic N) is 2. The molecule has 0 saturated carbocycles. The molecule has 2 aromatic rings. The van der Waals surface area contributed by atoms with E-state index < -0.39 is 10.0 Å². The highest BCUT2D eigenvalue weighted by molar-refractivity contribution is 7.92. The first kappa shape index (κ1) is 16.8. The Morgan fingerprint density at radius 1 is 0.958 bits per heavy atom. The Morgan fingerprint density at radius 2 is 1.54 bits per heavy atom. The van der Waals surface area contributed by atoms with Gasteiger partial charge in [-0.15, -0.1) is 0 Å². The molecule has 1 saturated heterocycles. The average Bonchev–Trinajstić information content (AvgIpc) is 3.11. The number of benzene rings is 2. The molecule has 0 bridgehead atoms. The molecule has 3 rings (SSSR count). The van der Waals surface area contributed by atoms with E-state index in [-0.39, 0.29) is 5.75 Å². The van der Waals surface area contributed by atoms with Crippen LogP contribution in [0.3, 0.4) is 0 Å². The lowest BCUT2D eigenvalue weighted by atomic mass is 10.2. The smallest absolute Gasteiger partial charge is 0.239 e. The number of sulfonamides is 1. The predicted octanol–water partition coefficient (Wildman–Crippen LogP) is 3.56. The second-order valence-electron chi connectivity index (χ2n) is 6.42. The van der Waals surface area contributed by atoms with Gasteiger partial charge in [0.25, 0.3) is 0 Å². The maximum atomic E-state index is 12.6. The fraction of sp³-hybridized carbons (Fsp3) is 0.368. The van der Waals surface area contributed by atoms with Crippen LogP contribution in [0.15, 0.2) is 48.5 Å². The molecule has 1 aliphatic rings. The first-order valence-corrected chi connectivity index (χ1v) is 9.94. The largest absolute Gasteiger partial charge is 0.372 e. The third-order valence-electron chi connectivity index (χ3n) is 4.57. The van der Waals surface area contributed by atoms with Gasteiger partial charge in [-0.25, -0.2) is 8.42 Å². The van der Waals surface area contributed by atoms with Crippen molar-refractivity contribution in [1.82, 2.24) is 0 Å². The standard InChI is InChI=1S/C19H24N2O2S/c1-16-5-7-17(8-6-16)15-24(22,23)20(2)18-9-11-19(12-10-18)21-13-3-4-14-21/h5-12H,3-4,13-15H2,1-2H3. The van der Waals surface area contributed by atoms with E-state index in [1.165, 1.54) is 22.8 Å². The van der Waals surface area contributed by atoms with E-state index in [1.54, 1.807) is 7.05 Å². The van der Waals surface area contributed by atoms with Gasteiger partial charge in [0.05, 0.1) is 11.4 Å². The molecular weight excluding hydrogens is 320 g/mol. The summed E-state index contributed by atoms with van der Waals surface area (Å²) >= 11 is 0. The Morgan fingerprint density at radius 3 is 2.12 bits per heavy atom. The Bertz CT molecular complexity index is 777. The van der Waals surface area contributed by atoms with E-state index in [9.17, 15) is 8.42 Å². The van der Waals surface area contributed by atoms with E-state index in [2.05, 4.69) is 4.90 Å². The minimum absolute atomic E-state index is 0.0116. The summed E-state index contributed by atoms with van der Waals surface area (Å²) in [4.78, 5) is 2.34. The van der Waals surface area contributed by atoms with Crippen LogP contribution >= 0.6 is 0 Å². The lowest BCUT2D eigenvalue weighted by molar-refractivity contribution is 0.593. The van der Waals surface area contributed by atoms with Crippen LogP contribution in [0.5, 0.6) is 0 Å². The van der Waals surface area contributed by atoms with Crippen LogP contribution in [0.1, 0.15) is 24.0 Å². The Hall–Kier alpha value is -2.01. The maximum Gasteiger partial charge on any atom is 0.239 e. The van der Waals surface area contributed by atoms with Crippen molar-refractivity contribution in [2.75, 3.05) is 29.3 Å². The topological polar surface area (TPSA) is 40.6 Å². The third-order valence-corrected chi connectivity index (χ3v) is 6.31. The normalized spacial score (nSPS) is 14.8. The minimum atomic E-state index is -3.39. The third kappa shape index (κ3) is 3.73. The van der Waals surface area contributed by atoms with Gasteiger partial charge in [-0.05, 0) is 49.6 Å². The molecule has 0 radical (unpaired) electrons. The molecule has 0 atom stereocenters. The zero-order valence-corrected chi connectivity index (χ0v) is 15.1. The summed E-state index contributed by atoms with van der Waals surface area (Å²) in [6.45, 7) is 4.16. The molecule has 5 heteroatoms. The summed E-state index contributed by atoms with van der Waals surface area (Å²) in [5, 5.41) is 0. The van der Waals surface area contributed by atoms with Crippen molar-refractivity contribution in [2.45, 2.75) is 25.5 Å². The SMILES string of the molecule is Cc1ccc(CS(=O)(=O)N(C)c2ccc(N3CCCC3)cc2)cc1. The monoisotopic (exact) mass is 344 g/mol. The Balaban J connectivity index is 1.74. The van der Waals surface area contributed by atoms with Crippen LogP contribution in [0.4, 0.5) is 11.4 Å². The molecule has 0 aliphatic carbocycles. The molecule has 24 heavy (non-hydrogen) atoms. The van der Waals surface area contributed by atoms with Gasteiger partial charge in [0, 0.05) is 25.8 Å². The molecule has 1 heterocycles. The Labute approximate surface area is 144 Å². The lowest BCUT2D eigenvalue weighted by Gasteiger charge is -2.22. The van der Waals surface area contributed by atoms with Crippen molar-refractivity contribution in [1.29, 1.82) is 0 Å². The summed E-state index contributed by atoms with van der Waals surface area (Å²) in [7, 11) is -1.77. The van der Waals surface area contributed by atoms with Crippen LogP contribution in [0.25, 0.3) is 0 Å². The molecule has 1 fully saturated rings. The van der Waals surface area contributed by atoms with Crippen molar-refractivity contribution >= 4 is 21.4 Å². The van der Waals surface area contributed by atoms with E-state index >= 15 is 0 Å². The number of hydrogen-bond donors (Lipinski definition) is 0. The maximum absolute atomic E-state index is 12.6. The summed E-state index contributed by atoms with van der Waals surface area (Å²) < 4.78 is 26.7. The number of rotatable bonds is 5. The molecule has 0 N–H and O–H groups in total. The van der Waals surface area contributed by atoms with Gasteiger partial charge in [0.2, 0.25) is 10.0 Å². The van der Waals surface area contributed by atoms with E-state index in [0.717, 1.165) is 24.2 Å². The van der Waals surface area contributed by atoms with Gasteiger partial charge in [-0.1, -0.05) is 29.8 Å². The molecule has 128 valence electrons. The Kier molecular flexibility index (Phi) is 4.81. The van der Waals surface area contributed by atoms with Gasteiger partial charge < -0.3 is 4.90 Å². The average molecular weight is 344 g/mol. The molecule has 2 aromatic carbocycles. The summed E-state index contributed by atoms with van der Waals surface area (Å²) in [5.74, 6) is 0.0116. The molecule has 0 amide bonds. The summed E-state index contributed by atoms with van der Waals surface area (Å²) in [5.41, 5.74) is 3.80. The van der Waals surface area contributed by atoms with Crippen LogP contribution in [-0.2, 0) is 15.8 Å². The van der Waals surface area contributed by atoms with Crippen LogP contribution < -0.4 is 9.21 Å². The van der Waals surface area contributed by atoms with Crippen LogP contribution in [-0.4, -0.2) is 28.6 Å². The molecular formula is C19H24N2O2S. The fourth-order valence-electron chi connectivity index (χ4n) is 3.00. The molecule has 0 aromatic heterocycles. The highest BCUT2D eigenvalue weighted by atomic mass is 32.2. The van der Waals surface area contributed by atoms with E-state index in [1.807, 2.05) is 55.5 Å². The number of aryl methyl sites for hydroxylation is 1. The van der Waals surface area contributed by atoms with Gasteiger partial charge in [0.1, 0.15) is 0 Å². The zero-order chi connectivity index (χ0) is 17.2. The van der Waals surface area contributed by atoms with Gasteiger partial charge in [-0.2, -0.15) is 0 Å². The van der Waals surface area contributed by atoms with Crippen molar-refractivity contribution in [2.24, 2.45) is 0 Å². The van der Waals surface area contributed by atoms with E-state index in [4.69, 9.17) is 0 Å². The lowest BCUT2D eigenvalue weighted by Crippen LogP contribution is -2.28. The van der Waals surface area contributed by atoms with Crippen LogP contribution in [0.2, 0.25) is 0 Å². The molecule has 1 aliphatic heterocycles. The quantitative estimate of drug-likeness (QED) is 0.833. The highest BCUT2D eigenvalue weighted by Gasteiger charge is 2.20. The van der Waals surface area contributed by atoms with Gasteiger partial charge in [0.15, 0.2) is 0 Å². The second-order valence-corrected chi connectivity index (χ2v) is 8.42. The fourth-order valence-corrected chi connectivity index (χ4v) is 4.25. The number of anilines is 2. The summed E-state index contributed by atoms with van der Waals surface area (Å²) in [6.07, 6.45) is 2.46. The molecule has 0 spiro atoms. The van der Waals surface area contributed by atoms with Crippen molar-refractivity contribution in [3.05, 3.63) is 59.7 Å². The minimum Gasteiger partial charge on any atom is -0.372 e. The first-order valence-electron chi connectivity index (χ1n) is 8.33. The van der Waals surface area contributed by atoms with Gasteiger partial charge in [-0.3, -0.25) is 4.31 Å². The second kappa shape index (κ2) is 6.85. The molecule has 4 nitrogen and oxygen atoms in total. The summed E-state index contributed by atoms with van der Waals surface area (Å²) in [6, 6.07) is 15.4. The van der Waals surface area contributed by atoms with E-state index in [0.29, 0.717) is 5.69 Å². The number of hydrogen-bond acceptors (Lipinski definition) is 3. The van der Waals surface area contributed by atoms with Crippen molar-refractivity contribution in [3.63, 3.8) is 0 Å². The predicted molar refractivity (Wildman–Crippen MR) is 100 cm³/mol. The van der Waals surface area contributed by atoms with Crippen LogP contribution in [0, 0.1) is 6.92 Å². The van der Waals surface area contributed by atoms with Crippen molar-refractivity contribution < 1.29 is 8.42 Å². The van der Waals surface area contributed by atoms with Crippen molar-refractivity contribution in [3.8, 4) is 0 Å². The molecule has 0 unspecified atom stereocenters. The first-order chi connectivity index (χ1) is 11.5. The highest BCUT2D eigenvalue weighted by Crippen LogP contribution is 2.25.